The fourth-order valence-corrected chi connectivity index (χ4v) is 3.53. The summed E-state index contributed by atoms with van der Waals surface area (Å²) in [4.78, 5) is 27.3. The van der Waals surface area contributed by atoms with Crippen LogP contribution in [0.5, 0.6) is 0 Å². The van der Waals surface area contributed by atoms with E-state index in [0.29, 0.717) is 5.56 Å². The Hall–Kier alpha value is -3.08. The van der Waals surface area contributed by atoms with Gasteiger partial charge in [0.1, 0.15) is 0 Å². The maximum Gasteiger partial charge on any atom is 0.256 e. The quantitative estimate of drug-likeness (QED) is 0.790. The molecular formula is C21H21N3O2. The van der Waals surface area contributed by atoms with E-state index in [2.05, 4.69) is 10.2 Å². The van der Waals surface area contributed by atoms with Gasteiger partial charge in [0.2, 0.25) is 0 Å². The van der Waals surface area contributed by atoms with Crippen LogP contribution in [0.2, 0.25) is 0 Å². The number of pyridine rings is 1. The van der Waals surface area contributed by atoms with Gasteiger partial charge in [-0.15, -0.1) is 0 Å². The zero-order chi connectivity index (χ0) is 18.1. The largest absolute Gasteiger partial charge is 0.372 e. The predicted molar refractivity (Wildman–Crippen MR) is 105 cm³/mol. The third-order valence-electron chi connectivity index (χ3n) is 4.99. The summed E-state index contributed by atoms with van der Waals surface area (Å²) in [5.41, 5.74) is 2.85. The molecule has 3 aromatic rings. The second kappa shape index (κ2) is 6.67. The van der Waals surface area contributed by atoms with Crippen molar-refractivity contribution in [2.75, 3.05) is 23.3 Å². The topological polar surface area (TPSA) is 54.3 Å². The van der Waals surface area contributed by atoms with Crippen LogP contribution < -0.4 is 15.8 Å². The second-order valence-corrected chi connectivity index (χ2v) is 6.67. The van der Waals surface area contributed by atoms with E-state index in [1.165, 1.54) is 24.6 Å². The Kier molecular flexibility index (Phi) is 4.21. The van der Waals surface area contributed by atoms with Gasteiger partial charge in [-0.25, -0.2) is 0 Å². The summed E-state index contributed by atoms with van der Waals surface area (Å²) in [7, 11) is 1.71. The van der Waals surface area contributed by atoms with E-state index >= 15 is 0 Å². The summed E-state index contributed by atoms with van der Waals surface area (Å²) in [6, 6.07) is 16.7. The van der Waals surface area contributed by atoms with Crippen molar-refractivity contribution >= 4 is 28.2 Å². The van der Waals surface area contributed by atoms with Gasteiger partial charge in [0.05, 0.1) is 11.1 Å². The van der Waals surface area contributed by atoms with E-state index in [9.17, 15) is 9.59 Å². The molecule has 2 heterocycles. The van der Waals surface area contributed by atoms with Crippen molar-refractivity contribution in [3.63, 3.8) is 0 Å². The molecule has 132 valence electrons. The van der Waals surface area contributed by atoms with Crippen molar-refractivity contribution in [1.29, 1.82) is 0 Å². The lowest BCUT2D eigenvalue weighted by Gasteiger charge is -2.18. The van der Waals surface area contributed by atoms with E-state index in [4.69, 9.17) is 0 Å². The highest BCUT2D eigenvalue weighted by Gasteiger charge is 2.15. The average molecular weight is 347 g/mol. The van der Waals surface area contributed by atoms with Gasteiger partial charge in [-0.1, -0.05) is 18.2 Å². The molecule has 1 aliphatic rings. The van der Waals surface area contributed by atoms with Crippen LogP contribution in [0.1, 0.15) is 23.2 Å². The molecule has 2 aromatic carbocycles. The number of nitrogens with one attached hydrogen (secondary N) is 1. The number of benzene rings is 2. The molecule has 0 aliphatic carbocycles. The summed E-state index contributed by atoms with van der Waals surface area (Å²) in [6.07, 6.45) is 2.46. The Balaban J connectivity index is 1.61. The van der Waals surface area contributed by atoms with Crippen LogP contribution in [0.4, 0.5) is 11.4 Å². The zero-order valence-electron chi connectivity index (χ0n) is 14.7. The van der Waals surface area contributed by atoms with Crippen molar-refractivity contribution in [3.05, 3.63) is 70.5 Å². The second-order valence-electron chi connectivity index (χ2n) is 6.67. The number of carbonyl (C=O) groups is 1. The third-order valence-corrected chi connectivity index (χ3v) is 4.99. The lowest BCUT2D eigenvalue weighted by molar-refractivity contribution is 0.102. The Labute approximate surface area is 151 Å². The molecule has 0 radical (unpaired) electrons. The molecule has 5 nitrogen and oxygen atoms in total. The van der Waals surface area contributed by atoms with Crippen molar-refractivity contribution in [2.45, 2.75) is 12.8 Å². The first kappa shape index (κ1) is 16.4. The number of amides is 1. The van der Waals surface area contributed by atoms with Crippen LogP contribution in [0.3, 0.4) is 0 Å². The lowest BCUT2D eigenvalue weighted by atomic mass is 10.1. The number of fused-ring (bicyclic) bond motifs is 1. The lowest BCUT2D eigenvalue weighted by Crippen LogP contribution is -2.21. The minimum Gasteiger partial charge on any atom is -0.372 e. The van der Waals surface area contributed by atoms with Crippen molar-refractivity contribution in [2.24, 2.45) is 7.05 Å². The van der Waals surface area contributed by atoms with E-state index < -0.39 is 0 Å². The first-order valence-corrected chi connectivity index (χ1v) is 8.88. The molecule has 1 amide bonds. The highest BCUT2D eigenvalue weighted by Crippen LogP contribution is 2.23. The van der Waals surface area contributed by atoms with Gasteiger partial charge in [0, 0.05) is 43.0 Å². The molecule has 0 unspecified atom stereocenters. The van der Waals surface area contributed by atoms with Crippen molar-refractivity contribution < 1.29 is 4.79 Å². The molecule has 1 N–H and O–H groups in total. The van der Waals surface area contributed by atoms with Crippen LogP contribution >= 0.6 is 0 Å². The van der Waals surface area contributed by atoms with Crippen LogP contribution in [0, 0.1) is 0 Å². The number of aryl methyl sites for hydroxylation is 1. The fourth-order valence-electron chi connectivity index (χ4n) is 3.53. The van der Waals surface area contributed by atoms with Gasteiger partial charge in [0.25, 0.3) is 11.5 Å². The molecule has 0 bridgehead atoms. The summed E-state index contributed by atoms with van der Waals surface area (Å²) >= 11 is 0. The number of anilines is 2. The molecule has 1 fully saturated rings. The molecule has 0 spiro atoms. The normalized spacial score (nSPS) is 14.0. The third kappa shape index (κ3) is 2.96. The van der Waals surface area contributed by atoms with Crippen LogP contribution in [-0.2, 0) is 7.05 Å². The van der Waals surface area contributed by atoms with Crippen LogP contribution in [-0.4, -0.2) is 23.6 Å². The molecule has 1 aliphatic heterocycles. The zero-order valence-corrected chi connectivity index (χ0v) is 14.7. The fraction of sp³-hybridized carbons (Fsp3) is 0.238. The van der Waals surface area contributed by atoms with Crippen LogP contribution in [0.15, 0.2) is 59.4 Å². The van der Waals surface area contributed by atoms with Gasteiger partial charge >= 0.3 is 0 Å². The Bertz CT molecular complexity index is 1020. The first-order chi connectivity index (χ1) is 12.6. The maximum absolute atomic E-state index is 12.8. The van der Waals surface area contributed by atoms with Gasteiger partial charge in [-0.3, -0.25) is 9.59 Å². The van der Waals surface area contributed by atoms with Crippen molar-refractivity contribution in [1.82, 2.24) is 4.57 Å². The summed E-state index contributed by atoms with van der Waals surface area (Å²) < 4.78 is 1.55. The summed E-state index contributed by atoms with van der Waals surface area (Å²) in [5, 5.41) is 3.67. The molecule has 1 aromatic heterocycles. The number of rotatable bonds is 3. The monoisotopic (exact) mass is 347 g/mol. The highest BCUT2D eigenvalue weighted by molar-refractivity contribution is 6.12. The van der Waals surface area contributed by atoms with Gasteiger partial charge in [0.15, 0.2) is 0 Å². The average Bonchev–Trinajstić information content (AvgIpc) is 3.20. The number of hydrogen-bond donors (Lipinski definition) is 1. The van der Waals surface area contributed by atoms with Crippen molar-refractivity contribution in [3.8, 4) is 0 Å². The highest BCUT2D eigenvalue weighted by atomic mass is 16.2. The number of carbonyl (C=O) groups excluding carboxylic acids is 1. The van der Waals surface area contributed by atoms with Gasteiger partial charge in [-0.05, 0) is 43.2 Å². The minimum atomic E-state index is -0.271. The molecule has 4 rings (SSSR count). The van der Waals surface area contributed by atoms with Crippen LogP contribution in [0.25, 0.3) is 10.9 Å². The SMILES string of the molecule is Cn1c(=O)cc(C(=O)Nc2ccc(N3CCCC3)cc2)c2ccccc21. The Morgan fingerprint density at radius 2 is 1.69 bits per heavy atom. The van der Waals surface area contributed by atoms with E-state index in [-0.39, 0.29) is 11.5 Å². The number of hydrogen-bond acceptors (Lipinski definition) is 3. The summed E-state index contributed by atoms with van der Waals surface area (Å²) in [6.45, 7) is 2.18. The molecule has 5 heteroatoms. The van der Waals surface area contributed by atoms with E-state index in [1.54, 1.807) is 11.6 Å². The van der Waals surface area contributed by atoms with Gasteiger partial charge < -0.3 is 14.8 Å². The van der Waals surface area contributed by atoms with Gasteiger partial charge in [-0.2, -0.15) is 0 Å². The number of aromatic nitrogens is 1. The molecular weight excluding hydrogens is 326 g/mol. The van der Waals surface area contributed by atoms with E-state index in [1.807, 2.05) is 48.5 Å². The molecule has 0 saturated carbocycles. The number of nitrogens with zero attached hydrogens (tertiary/aromatic N) is 2. The molecule has 1 saturated heterocycles. The smallest absolute Gasteiger partial charge is 0.256 e. The standard InChI is InChI=1S/C21H21N3O2/c1-23-19-7-3-2-6-17(19)18(14-20(23)25)21(26)22-15-8-10-16(11-9-15)24-12-4-5-13-24/h2-3,6-11,14H,4-5,12-13H2,1H3,(H,22,26). The molecule has 0 atom stereocenters. The first-order valence-electron chi connectivity index (χ1n) is 8.88. The summed E-state index contributed by atoms with van der Waals surface area (Å²) in [5.74, 6) is -0.271. The van der Waals surface area contributed by atoms with E-state index in [0.717, 1.165) is 29.7 Å². The maximum atomic E-state index is 12.8. The number of para-hydroxylation sites is 1. The molecule has 26 heavy (non-hydrogen) atoms. The predicted octanol–water partition coefficient (Wildman–Crippen LogP) is 3.39. The Morgan fingerprint density at radius 1 is 1.00 bits per heavy atom. The minimum absolute atomic E-state index is 0.196. The Morgan fingerprint density at radius 3 is 2.42 bits per heavy atom.